The highest BCUT2D eigenvalue weighted by Crippen LogP contribution is 2.37. The molecule has 0 spiro atoms. The van der Waals surface area contributed by atoms with Crippen LogP contribution in [-0.4, -0.2) is 78.0 Å². The first-order chi connectivity index (χ1) is 45.0. The lowest BCUT2D eigenvalue weighted by molar-refractivity contribution is -0.115. The third-order valence-corrected chi connectivity index (χ3v) is 16.7. The van der Waals surface area contributed by atoms with E-state index < -0.39 is 23.3 Å². The summed E-state index contributed by atoms with van der Waals surface area (Å²) in [5, 5.41) is 43.0. The highest BCUT2D eigenvalue weighted by Gasteiger charge is 2.24. The molecule has 0 fully saturated rings. The Hall–Kier alpha value is -11.5. The number of anilines is 12. The van der Waals surface area contributed by atoms with Crippen LogP contribution >= 0.6 is 0 Å². The molecule has 8 heterocycles. The standard InChI is InChI=1S/3C17H16FN5O.C15H14FN5/c1-9(24)23-17-12(15(19)22-23)8-13(18)16(21-17)20-14-7-3-5-10-4-2-6-11(10)14;2*1-9(24)19-15-12-8-13(18)17(21-16(12)23-22-15)20-14-7-3-5-10-4-2-6-11(10)14;16-11-7-10-13(17)20-21-14(10)19-15(11)18-12-6-2-4-8-3-1-5-9(8)12/h3,5,7-8H,2,4,6H2,1H3,(H2,19,22)(H,20,21);2*3,5,7-8H,2,4,6H2,1H3,(H3,19,20,21,22,23,24);2,4,6-7H,1,3,5H2,(H4,17,18,19,20,21). The molecule has 0 saturated heterocycles. The Morgan fingerprint density at radius 1 is 0.441 bits per heavy atom. The first-order valence-electron chi connectivity index (χ1n) is 30.3. The summed E-state index contributed by atoms with van der Waals surface area (Å²) in [4.78, 5) is 51.0. The number of benzene rings is 4. The fourth-order valence-corrected chi connectivity index (χ4v) is 12.4. The molecule has 93 heavy (non-hydrogen) atoms. The summed E-state index contributed by atoms with van der Waals surface area (Å²) in [6, 6.07) is 29.3. The van der Waals surface area contributed by atoms with E-state index in [1.54, 1.807) is 0 Å². The van der Waals surface area contributed by atoms with Gasteiger partial charge in [-0.3, -0.25) is 29.7 Å². The van der Waals surface area contributed by atoms with Gasteiger partial charge in [-0.2, -0.15) is 20.0 Å². The van der Waals surface area contributed by atoms with Crippen molar-refractivity contribution in [2.45, 2.75) is 97.8 Å². The Morgan fingerprint density at radius 2 is 0.806 bits per heavy atom. The molecule has 13 N–H and O–H groups in total. The predicted octanol–water partition coefficient (Wildman–Crippen LogP) is 12.5. The molecule has 0 bridgehead atoms. The van der Waals surface area contributed by atoms with Crippen LogP contribution in [0.2, 0.25) is 0 Å². The topological polar surface area (TPSA) is 331 Å². The summed E-state index contributed by atoms with van der Waals surface area (Å²) in [5.41, 5.74) is 26.5. The van der Waals surface area contributed by atoms with Gasteiger partial charge in [-0.1, -0.05) is 48.5 Å². The summed E-state index contributed by atoms with van der Waals surface area (Å²) in [5.74, 6) is -1.37. The molecule has 0 saturated carbocycles. The van der Waals surface area contributed by atoms with E-state index in [1.165, 1.54) is 89.5 Å². The van der Waals surface area contributed by atoms with Gasteiger partial charge in [0.25, 0.3) is 0 Å². The fourth-order valence-electron chi connectivity index (χ4n) is 12.4. The molecular formula is C66H62F4N20O3. The van der Waals surface area contributed by atoms with Crippen LogP contribution in [-0.2, 0) is 61.0 Å². The molecule has 16 rings (SSSR count). The number of nitrogen functional groups attached to an aromatic ring is 2. The Labute approximate surface area is 527 Å². The minimum Gasteiger partial charge on any atom is -0.384 e. The summed E-state index contributed by atoms with van der Waals surface area (Å²) in [6.07, 6.45) is 12.6. The fraction of sp³-hybridized carbons (Fsp3) is 0.227. The van der Waals surface area contributed by atoms with Gasteiger partial charge in [-0.15, -0.1) is 5.10 Å². The van der Waals surface area contributed by atoms with E-state index in [2.05, 4.69) is 112 Å². The van der Waals surface area contributed by atoms with Crippen molar-refractivity contribution in [3.8, 4) is 0 Å². The number of aromatic nitrogens is 12. The Morgan fingerprint density at radius 3 is 1.19 bits per heavy atom. The van der Waals surface area contributed by atoms with Gasteiger partial charge >= 0.3 is 0 Å². The molecule has 4 aliphatic carbocycles. The summed E-state index contributed by atoms with van der Waals surface area (Å²) >= 11 is 0. The monoisotopic (exact) mass is 1260 g/mol. The average molecular weight is 1260 g/mol. The summed E-state index contributed by atoms with van der Waals surface area (Å²) in [6.45, 7) is 4.10. The number of nitrogens with zero attached hydrogens (tertiary/aromatic N) is 9. The number of aryl methyl sites for hydroxylation is 4. The second kappa shape index (κ2) is 25.4. The molecule has 4 aliphatic rings. The van der Waals surface area contributed by atoms with Crippen LogP contribution in [0.1, 0.15) is 95.8 Å². The number of aromatic amines is 3. The van der Waals surface area contributed by atoms with E-state index in [0.717, 1.165) is 104 Å². The SMILES string of the molecule is CC(=O)Nc1n[nH]c2nc(Nc3cccc4c3CCC4)c(F)cc12.CC(=O)Nc1n[nH]c2nc(Nc3cccc4c3CCC4)c(F)cc12.CC(=O)n1nc(N)c2cc(F)c(Nc3cccc4c3CCC4)nc21.Nc1[nH]nc2nc(Nc3cccc4c3CCC4)c(F)cc12. The minimum absolute atomic E-state index is 0.0604. The Balaban J connectivity index is 0.000000113. The number of hydrogen-bond acceptors (Lipinski definition) is 17. The van der Waals surface area contributed by atoms with Crippen molar-refractivity contribution in [3.05, 3.63) is 165 Å². The van der Waals surface area contributed by atoms with E-state index >= 15 is 0 Å². The molecule has 0 radical (unpaired) electrons. The smallest absolute Gasteiger partial charge is 0.245 e. The molecule has 12 aromatic rings. The van der Waals surface area contributed by atoms with Gasteiger partial charge in [-0.05, 0) is 170 Å². The van der Waals surface area contributed by atoms with Crippen LogP contribution in [0.4, 0.5) is 86.9 Å². The maximum atomic E-state index is 14.5. The highest BCUT2D eigenvalue weighted by atomic mass is 19.1. The number of fused-ring (bicyclic) bond motifs is 8. The molecule has 27 heteroatoms. The molecule has 0 atom stereocenters. The number of pyridine rings is 4. The minimum atomic E-state index is -0.534. The van der Waals surface area contributed by atoms with Gasteiger partial charge < -0.3 is 43.4 Å². The third-order valence-electron chi connectivity index (χ3n) is 16.7. The van der Waals surface area contributed by atoms with Crippen molar-refractivity contribution >= 4 is 131 Å². The number of hydrogen-bond donors (Lipinski definition) is 11. The first-order valence-corrected chi connectivity index (χ1v) is 30.3. The number of nitrogens with two attached hydrogens (primary N) is 2. The van der Waals surface area contributed by atoms with Gasteiger partial charge in [0, 0.05) is 43.5 Å². The van der Waals surface area contributed by atoms with Crippen molar-refractivity contribution < 1.29 is 31.9 Å². The number of amides is 2. The maximum Gasteiger partial charge on any atom is 0.245 e. The van der Waals surface area contributed by atoms with E-state index in [9.17, 15) is 31.9 Å². The molecule has 0 unspecified atom stereocenters. The molecule has 4 aromatic carbocycles. The van der Waals surface area contributed by atoms with E-state index in [0.29, 0.717) is 44.3 Å². The molecule has 472 valence electrons. The normalized spacial score (nSPS) is 13.2. The van der Waals surface area contributed by atoms with Gasteiger partial charge in [0.1, 0.15) is 5.82 Å². The molecule has 2 amide bonds. The van der Waals surface area contributed by atoms with Crippen LogP contribution in [0.25, 0.3) is 44.1 Å². The van der Waals surface area contributed by atoms with Crippen LogP contribution in [0.5, 0.6) is 0 Å². The molecule has 8 aromatic heterocycles. The lowest BCUT2D eigenvalue weighted by Crippen LogP contribution is -2.09. The van der Waals surface area contributed by atoms with Crippen LogP contribution in [0, 0.1) is 23.3 Å². The number of carbonyl (C=O) groups is 3. The lowest BCUT2D eigenvalue weighted by Gasteiger charge is -2.11. The van der Waals surface area contributed by atoms with Gasteiger partial charge in [-0.25, -0.2) is 37.5 Å². The van der Waals surface area contributed by atoms with Crippen LogP contribution < -0.4 is 43.4 Å². The highest BCUT2D eigenvalue weighted by molar-refractivity contribution is 5.99. The van der Waals surface area contributed by atoms with Crippen LogP contribution in [0.3, 0.4) is 0 Å². The van der Waals surface area contributed by atoms with Crippen molar-refractivity contribution in [1.29, 1.82) is 0 Å². The second-order valence-corrected chi connectivity index (χ2v) is 23.0. The summed E-state index contributed by atoms with van der Waals surface area (Å²) < 4.78 is 58.7. The second-order valence-electron chi connectivity index (χ2n) is 23.0. The average Bonchev–Trinajstić information content (AvgIpc) is 1.95. The summed E-state index contributed by atoms with van der Waals surface area (Å²) in [7, 11) is 0. The zero-order valence-electron chi connectivity index (χ0n) is 50.6. The maximum absolute atomic E-state index is 14.5. The van der Waals surface area contributed by atoms with Crippen LogP contribution in [0.15, 0.2) is 97.1 Å². The number of rotatable bonds is 10. The van der Waals surface area contributed by atoms with E-state index in [-0.39, 0.29) is 64.1 Å². The molecule has 23 nitrogen and oxygen atoms in total. The largest absolute Gasteiger partial charge is 0.384 e. The van der Waals surface area contributed by atoms with E-state index in [4.69, 9.17) is 11.5 Å². The number of nitrogens with one attached hydrogen (secondary N) is 9. The zero-order chi connectivity index (χ0) is 64.6. The molecular weight excluding hydrogens is 1200 g/mol. The van der Waals surface area contributed by atoms with Crippen molar-refractivity contribution in [1.82, 2.24) is 60.3 Å². The van der Waals surface area contributed by atoms with Gasteiger partial charge in [0.05, 0.1) is 21.5 Å². The third kappa shape index (κ3) is 12.5. The number of halogens is 4. The lowest BCUT2D eigenvalue weighted by atomic mass is 10.1. The first kappa shape index (κ1) is 60.4. The number of carbonyl (C=O) groups excluding carboxylic acids is 3. The Bertz CT molecular complexity index is 4790. The van der Waals surface area contributed by atoms with E-state index in [1.807, 2.05) is 48.5 Å². The van der Waals surface area contributed by atoms with Gasteiger partial charge in [0.15, 0.2) is 86.6 Å². The predicted molar refractivity (Wildman–Crippen MR) is 350 cm³/mol. The molecule has 0 aliphatic heterocycles. The van der Waals surface area contributed by atoms with Crippen molar-refractivity contribution in [2.75, 3.05) is 43.4 Å². The van der Waals surface area contributed by atoms with Gasteiger partial charge in [0.2, 0.25) is 17.7 Å². The quantitative estimate of drug-likeness (QED) is 0.0567. The zero-order valence-corrected chi connectivity index (χ0v) is 50.6. The van der Waals surface area contributed by atoms with Crippen molar-refractivity contribution in [3.63, 3.8) is 0 Å². The van der Waals surface area contributed by atoms with Crippen molar-refractivity contribution in [2.24, 2.45) is 0 Å². The number of H-pyrrole nitrogens is 3. The Kier molecular flexibility index (Phi) is 16.5.